The fraction of sp³-hybridized carbons (Fsp3) is 0.125. The molecule has 3 aromatic carbocycles. The zero-order valence-electron chi connectivity index (χ0n) is 17.3. The summed E-state index contributed by atoms with van der Waals surface area (Å²) < 4.78 is 10.9. The van der Waals surface area contributed by atoms with E-state index in [4.69, 9.17) is 9.47 Å². The highest BCUT2D eigenvalue weighted by Gasteiger charge is 2.09. The molecule has 2 amide bonds. The van der Waals surface area contributed by atoms with Gasteiger partial charge in [-0.1, -0.05) is 35.9 Å². The lowest BCUT2D eigenvalue weighted by Gasteiger charge is -2.11. The SMILES string of the molecule is COc1cc(/C=N/NC(=O)c2cccc(C)c2)ccc1OCC(=O)Nc1ccccc1. The standard InChI is InChI=1S/C24H23N3O4/c1-17-7-6-8-19(13-17)24(29)27-25-15-18-11-12-21(22(14-18)30-2)31-16-23(28)26-20-9-4-3-5-10-20/h3-15H,16H2,1-2H3,(H,26,28)(H,27,29)/b25-15+. The molecule has 3 aromatic rings. The third-order valence-electron chi connectivity index (χ3n) is 4.26. The van der Waals surface area contributed by atoms with Crippen LogP contribution in [0.15, 0.2) is 77.9 Å². The number of hydrogen-bond donors (Lipinski definition) is 2. The second-order valence-corrected chi connectivity index (χ2v) is 6.68. The van der Waals surface area contributed by atoms with Crippen molar-refractivity contribution in [2.45, 2.75) is 6.92 Å². The van der Waals surface area contributed by atoms with Gasteiger partial charge in [-0.3, -0.25) is 9.59 Å². The number of aryl methyl sites for hydroxylation is 1. The number of rotatable bonds is 8. The molecule has 0 unspecified atom stereocenters. The molecule has 0 aliphatic rings. The van der Waals surface area contributed by atoms with E-state index in [9.17, 15) is 9.59 Å². The fourth-order valence-corrected chi connectivity index (χ4v) is 2.76. The average Bonchev–Trinajstić information content (AvgIpc) is 2.78. The minimum atomic E-state index is -0.295. The molecule has 0 saturated heterocycles. The Labute approximate surface area is 180 Å². The summed E-state index contributed by atoms with van der Waals surface area (Å²) in [4.78, 5) is 24.2. The molecular weight excluding hydrogens is 394 g/mol. The number of amides is 2. The predicted octanol–water partition coefficient (Wildman–Crippen LogP) is 3.79. The lowest BCUT2D eigenvalue weighted by atomic mass is 10.1. The van der Waals surface area contributed by atoms with Crippen molar-refractivity contribution in [3.63, 3.8) is 0 Å². The second-order valence-electron chi connectivity index (χ2n) is 6.68. The van der Waals surface area contributed by atoms with Crippen LogP contribution in [0.2, 0.25) is 0 Å². The summed E-state index contributed by atoms with van der Waals surface area (Å²) >= 11 is 0. The van der Waals surface area contributed by atoms with Crippen LogP contribution >= 0.6 is 0 Å². The number of nitrogens with zero attached hydrogens (tertiary/aromatic N) is 1. The Morgan fingerprint density at radius 3 is 2.52 bits per heavy atom. The molecule has 0 radical (unpaired) electrons. The van der Waals surface area contributed by atoms with Crippen molar-refractivity contribution in [1.82, 2.24) is 5.43 Å². The summed E-state index contributed by atoms with van der Waals surface area (Å²) in [5, 5.41) is 6.74. The largest absolute Gasteiger partial charge is 0.493 e. The molecule has 158 valence electrons. The van der Waals surface area contributed by atoms with Gasteiger partial charge in [0.1, 0.15) is 0 Å². The van der Waals surface area contributed by atoms with Crippen molar-refractivity contribution in [3.8, 4) is 11.5 Å². The van der Waals surface area contributed by atoms with Crippen molar-refractivity contribution in [2.75, 3.05) is 19.0 Å². The van der Waals surface area contributed by atoms with Crippen LogP contribution in [0.5, 0.6) is 11.5 Å². The Hall–Kier alpha value is -4.13. The maximum Gasteiger partial charge on any atom is 0.271 e. The lowest BCUT2D eigenvalue weighted by molar-refractivity contribution is -0.118. The van der Waals surface area contributed by atoms with Crippen molar-refractivity contribution >= 4 is 23.7 Å². The number of anilines is 1. The topological polar surface area (TPSA) is 89.0 Å². The molecule has 3 rings (SSSR count). The molecular formula is C24H23N3O4. The maximum atomic E-state index is 12.1. The van der Waals surface area contributed by atoms with Gasteiger partial charge in [-0.05, 0) is 55.0 Å². The molecule has 0 saturated carbocycles. The van der Waals surface area contributed by atoms with Crippen molar-refractivity contribution in [3.05, 3.63) is 89.5 Å². The van der Waals surface area contributed by atoms with E-state index >= 15 is 0 Å². The van der Waals surface area contributed by atoms with Gasteiger partial charge in [0.25, 0.3) is 11.8 Å². The highest BCUT2D eigenvalue weighted by Crippen LogP contribution is 2.27. The first-order valence-electron chi connectivity index (χ1n) is 9.61. The average molecular weight is 417 g/mol. The summed E-state index contributed by atoms with van der Waals surface area (Å²) in [6.45, 7) is 1.76. The zero-order valence-corrected chi connectivity index (χ0v) is 17.3. The van der Waals surface area contributed by atoms with Crippen LogP contribution in [0.4, 0.5) is 5.69 Å². The van der Waals surface area contributed by atoms with E-state index in [1.54, 1.807) is 42.5 Å². The molecule has 7 nitrogen and oxygen atoms in total. The van der Waals surface area contributed by atoms with Crippen LogP contribution in [-0.2, 0) is 4.79 Å². The lowest BCUT2D eigenvalue weighted by Crippen LogP contribution is -2.20. The summed E-state index contributed by atoms with van der Waals surface area (Å²) in [5.74, 6) is 0.294. The van der Waals surface area contributed by atoms with E-state index in [-0.39, 0.29) is 18.4 Å². The number of methoxy groups -OCH3 is 1. The van der Waals surface area contributed by atoms with Crippen LogP contribution < -0.4 is 20.2 Å². The number of para-hydroxylation sites is 1. The Bertz CT molecular complexity index is 1080. The summed E-state index contributed by atoms with van der Waals surface area (Å²) in [7, 11) is 1.51. The highest BCUT2D eigenvalue weighted by molar-refractivity contribution is 5.95. The normalized spacial score (nSPS) is 10.5. The van der Waals surface area contributed by atoms with Crippen molar-refractivity contribution in [2.24, 2.45) is 5.10 Å². The summed E-state index contributed by atoms with van der Waals surface area (Å²) in [6, 6.07) is 21.5. The number of hydrazone groups is 1. The predicted molar refractivity (Wildman–Crippen MR) is 120 cm³/mol. The number of carbonyl (C=O) groups excluding carboxylic acids is 2. The highest BCUT2D eigenvalue weighted by atomic mass is 16.5. The molecule has 0 heterocycles. The van der Waals surface area contributed by atoms with Gasteiger partial charge >= 0.3 is 0 Å². The van der Waals surface area contributed by atoms with Crippen LogP contribution in [0, 0.1) is 6.92 Å². The molecule has 2 N–H and O–H groups in total. The monoisotopic (exact) mass is 417 g/mol. The number of benzene rings is 3. The molecule has 0 bridgehead atoms. The van der Waals surface area contributed by atoms with Gasteiger partial charge < -0.3 is 14.8 Å². The summed E-state index contributed by atoms with van der Waals surface area (Å²) in [6.07, 6.45) is 1.50. The molecule has 31 heavy (non-hydrogen) atoms. The van der Waals surface area contributed by atoms with Crippen molar-refractivity contribution < 1.29 is 19.1 Å². The minimum absolute atomic E-state index is 0.161. The van der Waals surface area contributed by atoms with Gasteiger partial charge in [-0.25, -0.2) is 5.43 Å². The van der Waals surface area contributed by atoms with Gasteiger partial charge in [0.05, 0.1) is 13.3 Å². The molecule has 0 aliphatic heterocycles. The molecule has 0 spiro atoms. The third-order valence-corrected chi connectivity index (χ3v) is 4.26. The smallest absolute Gasteiger partial charge is 0.271 e. The van der Waals surface area contributed by atoms with Gasteiger partial charge in [-0.15, -0.1) is 0 Å². The Morgan fingerprint density at radius 1 is 0.968 bits per heavy atom. The Balaban J connectivity index is 1.57. The second kappa shape index (κ2) is 10.6. The first kappa shape index (κ1) is 21.6. The van der Waals surface area contributed by atoms with Crippen LogP contribution in [-0.4, -0.2) is 31.7 Å². The number of nitrogens with one attached hydrogen (secondary N) is 2. The Kier molecular flexibility index (Phi) is 7.37. The maximum absolute atomic E-state index is 12.1. The van der Waals surface area contributed by atoms with Crippen LogP contribution in [0.1, 0.15) is 21.5 Å². The molecule has 0 fully saturated rings. The molecule has 0 aromatic heterocycles. The Morgan fingerprint density at radius 2 is 1.77 bits per heavy atom. The first-order chi connectivity index (χ1) is 15.0. The molecule has 0 aliphatic carbocycles. The summed E-state index contributed by atoms with van der Waals surface area (Å²) in [5.41, 5.74) is 5.42. The quantitative estimate of drug-likeness (QED) is 0.431. The van der Waals surface area contributed by atoms with Crippen molar-refractivity contribution in [1.29, 1.82) is 0 Å². The van der Waals surface area contributed by atoms with E-state index < -0.39 is 0 Å². The van der Waals surface area contributed by atoms with Gasteiger partial charge in [0, 0.05) is 11.3 Å². The zero-order chi connectivity index (χ0) is 22.1. The van der Waals surface area contributed by atoms with Crippen LogP contribution in [0.25, 0.3) is 0 Å². The van der Waals surface area contributed by atoms with Gasteiger partial charge in [-0.2, -0.15) is 5.10 Å². The number of carbonyl (C=O) groups is 2. The first-order valence-corrected chi connectivity index (χ1v) is 9.61. The van der Waals surface area contributed by atoms with Gasteiger partial charge in [0.15, 0.2) is 18.1 Å². The number of hydrogen-bond acceptors (Lipinski definition) is 5. The number of ether oxygens (including phenoxy) is 2. The molecule has 0 atom stereocenters. The van der Waals surface area contributed by atoms with Crippen LogP contribution in [0.3, 0.4) is 0 Å². The van der Waals surface area contributed by atoms with E-state index in [2.05, 4.69) is 15.8 Å². The molecule has 7 heteroatoms. The minimum Gasteiger partial charge on any atom is -0.493 e. The van der Waals surface area contributed by atoms with Gasteiger partial charge in [0.2, 0.25) is 0 Å². The van der Waals surface area contributed by atoms with E-state index in [1.165, 1.54) is 13.3 Å². The van der Waals surface area contributed by atoms with E-state index in [1.807, 2.05) is 37.3 Å². The van der Waals surface area contributed by atoms with E-state index in [0.717, 1.165) is 5.56 Å². The fourth-order valence-electron chi connectivity index (χ4n) is 2.76. The van der Waals surface area contributed by atoms with E-state index in [0.29, 0.717) is 28.3 Å². The third kappa shape index (κ3) is 6.43.